The van der Waals surface area contributed by atoms with Crippen LogP contribution in [0, 0.1) is 5.92 Å². The van der Waals surface area contributed by atoms with Crippen LogP contribution in [0.25, 0.3) is 5.65 Å². The highest BCUT2D eigenvalue weighted by Gasteiger charge is 2.40. The van der Waals surface area contributed by atoms with Crippen LogP contribution in [0.4, 0.5) is 13.2 Å². The van der Waals surface area contributed by atoms with Crippen molar-refractivity contribution < 1.29 is 22.8 Å². The number of carbonyl (C=O) groups is 2. The Morgan fingerprint density at radius 3 is 2.78 bits per heavy atom. The minimum atomic E-state index is -4.57. The van der Waals surface area contributed by atoms with Gasteiger partial charge in [0.05, 0.1) is 17.7 Å². The van der Waals surface area contributed by atoms with Crippen LogP contribution in [0.15, 0.2) is 24.8 Å². The zero-order valence-electron chi connectivity index (χ0n) is 17.9. The number of fused-ring (bicyclic) bond motifs is 1. The number of hydrogen-bond acceptors (Lipinski definition) is 4. The third-order valence-electron chi connectivity index (χ3n) is 6.19. The first-order valence-corrected chi connectivity index (χ1v) is 10.9. The smallest absolute Gasteiger partial charge is 0.338 e. The first kappa shape index (κ1) is 22.3. The number of amides is 2. The van der Waals surface area contributed by atoms with Gasteiger partial charge in [-0.1, -0.05) is 13.0 Å². The maximum atomic E-state index is 13.6. The van der Waals surface area contributed by atoms with E-state index in [0.29, 0.717) is 43.9 Å². The SMILES string of the molecule is C=CCN1CC(C(=O)N2CCCCC2c2cc3nc(CC)cc(C(F)(F)F)n3n2)CC1=O. The van der Waals surface area contributed by atoms with Gasteiger partial charge >= 0.3 is 6.18 Å². The zero-order chi connectivity index (χ0) is 23.0. The summed E-state index contributed by atoms with van der Waals surface area (Å²) < 4.78 is 41.7. The van der Waals surface area contributed by atoms with Crippen LogP contribution in [0.1, 0.15) is 55.7 Å². The molecule has 2 amide bonds. The van der Waals surface area contributed by atoms with E-state index >= 15 is 0 Å². The second kappa shape index (κ2) is 8.55. The van der Waals surface area contributed by atoms with E-state index in [2.05, 4.69) is 16.7 Å². The van der Waals surface area contributed by atoms with Crippen molar-refractivity contribution in [2.75, 3.05) is 19.6 Å². The normalized spacial score (nSPS) is 22.1. The van der Waals surface area contributed by atoms with Crippen LogP contribution < -0.4 is 0 Å². The van der Waals surface area contributed by atoms with Gasteiger partial charge in [-0.15, -0.1) is 6.58 Å². The van der Waals surface area contributed by atoms with E-state index in [-0.39, 0.29) is 23.9 Å². The number of carbonyl (C=O) groups excluding carboxylic acids is 2. The monoisotopic (exact) mass is 449 g/mol. The van der Waals surface area contributed by atoms with Crippen molar-refractivity contribution in [1.29, 1.82) is 0 Å². The number of aryl methyl sites for hydroxylation is 1. The maximum Gasteiger partial charge on any atom is 0.433 e. The summed E-state index contributed by atoms with van der Waals surface area (Å²) in [5.41, 5.74) is -0.0187. The van der Waals surface area contributed by atoms with Crippen molar-refractivity contribution >= 4 is 17.5 Å². The molecular formula is C22H26F3N5O2. The predicted molar refractivity (Wildman–Crippen MR) is 111 cm³/mol. The van der Waals surface area contributed by atoms with Gasteiger partial charge in [0, 0.05) is 37.8 Å². The van der Waals surface area contributed by atoms with Crippen molar-refractivity contribution in [1.82, 2.24) is 24.4 Å². The second-order valence-electron chi connectivity index (χ2n) is 8.35. The van der Waals surface area contributed by atoms with Crippen molar-refractivity contribution in [3.63, 3.8) is 0 Å². The predicted octanol–water partition coefficient (Wildman–Crippen LogP) is 3.40. The summed E-state index contributed by atoms with van der Waals surface area (Å²) >= 11 is 0. The number of hydrogen-bond donors (Lipinski definition) is 0. The Hall–Kier alpha value is -2.91. The summed E-state index contributed by atoms with van der Waals surface area (Å²) in [6, 6.07) is 2.13. The molecule has 2 fully saturated rings. The standard InChI is InChI=1S/C22H26F3N5O2/c1-3-8-28-13-14(10-20(28)31)21(32)29-9-6-5-7-17(29)16-12-19-26-15(4-2)11-18(22(23,24)25)30(19)27-16/h3,11-12,14,17H,1,4-10,13H2,2H3. The molecule has 0 aromatic carbocycles. The van der Waals surface area contributed by atoms with Crippen LogP contribution in [-0.4, -0.2) is 55.8 Å². The van der Waals surface area contributed by atoms with Crippen LogP contribution in [0.2, 0.25) is 0 Å². The lowest BCUT2D eigenvalue weighted by Crippen LogP contribution is -2.42. The fourth-order valence-electron chi connectivity index (χ4n) is 4.60. The molecule has 2 aromatic heterocycles. The maximum absolute atomic E-state index is 13.6. The lowest BCUT2D eigenvalue weighted by Gasteiger charge is -2.36. The summed E-state index contributed by atoms with van der Waals surface area (Å²) in [7, 11) is 0. The molecule has 0 radical (unpaired) electrons. The molecule has 32 heavy (non-hydrogen) atoms. The van der Waals surface area contributed by atoms with Crippen LogP contribution in [0.5, 0.6) is 0 Å². The van der Waals surface area contributed by atoms with E-state index in [1.165, 1.54) is 0 Å². The van der Waals surface area contributed by atoms with E-state index in [1.807, 2.05) is 0 Å². The molecule has 4 heterocycles. The second-order valence-corrected chi connectivity index (χ2v) is 8.35. The van der Waals surface area contributed by atoms with Gasteiger partial charge in [-0.3, -0.25) is 9.59 Å². The molecule has 0 N–H and O–H groups in total. The summed E-state index contributed by atoms with van der Waals surface area (Å²) in [5.74, 6) is -0.698. The van der Waals surface area contributed by atoms with Gasteiger partial charge in [0.2, 0.25) is 11.8 Å². The lowest BCUT2D eigenvalue weighted by molar-refractivity contribution is -0.143. The quantitative estimate of drug-likeness (QED) is 0.656. The molecule has 2 aliphatic rings. The van der Waals surface area contributed by atoms with E-state index < -0.39 is 23.8 Å². The van der Waals surface area contributed by atoms with Gasteiger partial charge in [-0.2, -0.15) is 18.3 Å². The van der Waals surface area contributed by atoms with Gasteiger partial charge in [-0.05, 0) is 31.7 Å². The van der Waals surface area contributed by atoms with E-state index in [0.717, 1.165) is 23.4 Å². The molecule has 2 aliphatic heterocycles. The Labute approximate surface area is 183 Å². The number of piperidine rings is 1. The number of halogens is 3. The summed E-state index contributed by atoms with van der Waals surface area (Å²) in [6.07, 6.45) is -0.191. The largest absolute Gasteiger partial charge is 0.433 e. The van der Waals surface area contributed by atoms with Gasteiger partial charge in [0.1, 0.15) is 5.69 Å². The Kier molecular flexibility index (Phi) is 5.96. The third-order valence-corrected chi connectivity index (χ3v) is 6.19. The first-order valence-electron chi connectivity index (χ1n) is 10.9. The molecule has 0 bridgehead atoms. The summed E-state index contributed by atoms with van der Waals surface area (Å²) in [6.45, 7) is 6.60. The van der Waals surface area contributed by atoms with E-state index in [4.69, 9.17) is 0 Å². The van der Waals surface area contributed by atoms with Gasteiger partial charge in [0.25, 0.3) is 0 Å². The number of rotatable bonds is 5. The molecule has 172 valence electrons. The molecule has 0 spiro atoms. The molecule has 10 heteroatoms. The average molecular weight is 449 g/mol. The summed E-state index contributed by atoms with van der Waals surface area (Å²) in [4.78, 5) is 33.1. The Morgan fingerprint density at radius 1 is 1.31 bits per heavy atom. The van der Waals surface area contributed by atoms with Crippen LogP contribution in [-0.2, 0) is 22.2 Å². The summed E-state index contributed by atoms with van der Waals surface area (Å²) in [5, 5.41) is 4.25. The number of likely N-dealkylation sites (tertiary alicyclic amines) is 2. The fourth-order valence-corrected chi connectivity index (χ4v) is 4.60. The molecule has 2 aromatic rings. The highest BCUT2D eigenvalue weighted by molar-refractivity contribution is 5.89. The molecule has 0 aliphatic carbocycles. The highest BCUT2D eigenvalue weighted by atomic mass is 19.4. The fraction of sp³-hybridized carbons (Fsp3) is 0.545. The van der Waals surface area contributed by atoms with E-state index in [9.17, 15) is 22.8 Å². The number of nitrogens with zero attached hydrogens (tertiary/aromatic N) is 5. The first-order chi connectivity index (χ1) is 15.2. The topological polar surface area (TPSA) is 70.8 Å². The highest BCUT2D eigenvalue weighted by Crippen LogP contribution is 2.35. The van der Waals surface area contributed by atoms with Crippen LogP contribution in [0.3, 0.4) is 0 Å². The van der Waals surface area contributed by atoms with E-state index in [1.54, 1.807) is 28.9 Å². The zero-order valence-corrected chi connectivity index (χ0v) is 17.9. The van der Waals surface area contributed by atoms with Gasteiger partial charge < -0.3 is 9.80 Å². The minimum absolute atomic E-state index is 0.0874. The van der Waals surface area contributed by atoms with Gasteiger partial charge in [0.15, 0.2) is 5.65 Å². The average Bonchev–Trinajstić information content (AvgIpc) is 3.35. The number of alkyl halides is 3. The van der Waals surface area contributed by atoms with Crippen molar-refractivity contribution in [2.45, 2.75) is 51.2 Å². The molecule has 7 nitrogen and oxygen atoms in total. The Bertz CT molecular complexity index is 1050. The molecular weight excluding hydrogens is 423 g/mol. The molecule has 0 saturated carbocycles. The van der Waals surface area contributed by atoms with Crippen molar-refractivity contribution in [3.05, 3.63) is 41.9 Å². The van der Waals surface area contributed by atoms with Crippen molar-refractivity contribution in [2.24, 2.45) is 5.92 Å². The Balaban J connectivity index is 1.66. The van der Waals surface area contributed by atoms with Crippen molar-refractivity contribution in [3.8, 4) is 0 Å². The minimum Gasteiger partial charge on any atom is -0.338 e. The lowest BCUT2D eigenvalue weighted by atomic mass is 9.96. The Morgan fingerprint density at radius 2 is 2.09 bits per heavy atom. The van der Waals surface area contributed by atoms with Crippen LogP contribution >= 0.6 is 0 Å². The molecule has 4 rings (SSSR count). The molecule has 2 atom stereocenters. The van der Waals surface area contributed by atoms with Gasteiger partial charge in [-0.25, -0.2) is 9.50 Å². The molecule has 2 saturated heterocycles. The number of aromatic nitrogens is 3. The third kappa shape index (κ3) is 4.10. The molecule has 2 unspecified atom stereocenters.